The van der Waals surface area contributed by atoms with Crippen LogP contribution in [0.2, 0.25) is 0 Å². The molecule has 1 aromatic heterocycles. The molecule has 0 saturated carbocycles. The van der Waals surface area contributed by atoms with Crippen molar-refractivity contribution in [2.75, 3.05) is 11.9 Å². The normalized spacial score (nSPS) is 10.2. The molecule has 0 unspecified atom stereocenters. The maximum Gasteiger partial charge on any atom is 0.348 e. The highest BCUT2D eigenvalue weighted by Crippen LogP contribution is 2.27. The third-order valence-corrected chi connectivity index (χ3v) is 3.70. The lowest BCUT2D eigenvalue weighted by Crippen LogP contribution is -2.21. The molecule has 110 valence electrons. The molecule has 0 radical (unpaired) electrons. The number of amides is 1. The number of thiophene rings is 1. The van der Waals surface area contributed by atoms with Crippen LogP contribution in [0, 0.1) is 12.7 Å². The predicted octanol–water partition coefficient (Wildman–Crippen LogP) is 2.91. The van der Waals surface area contributed by atoms with Crippen LogP contribution < -0.4 is 10.1 Å². The summed E-state index contributed by atoms with van der Waals surface area (Å²) in [6.45, 7) is 1.42. The van der Waals surface area contributed by atoms with Crippen molar-refractivity contribution in [2.24, 2.45) is 0 Å². The Labute approximate surface area is 124 Å². The summed E-state index contributed by atoms with van der Waals surface area (Å²) >= 11 is 1.05. The Morgan fingerprint density at radius 3 is 2.62 bits per heavy atom. The quantitative estimate of drug-likeness (QED) is 0.890. The lowest BCUT2D eigenvalue weighted by molar-refractivity contribution is -0.118. The van der Waals surface area contributed by atoms with E-state index in [2.05, 4.69) is 5.32 Å². The Bertz CT molecular complexity index is 666. The van der Waals surface area contributed by atoms with Crippen LogP contribution in [0.25, 0.3) is 0 Å². The van der Waals surface area contributed by atoms with Gasteiger partial charge in [-0.25, -0.2) is 9.18 Å². The highest BCUT2D eigenvalue weighted by molar-refractivity contribution is 7.12. The van der Waals surface area contributed by atoms with Crippen LogP contribution in [0.1, 0.15) is 15.2 Å². The van der Waals surface area contributed by atoms with Crippen molar-refractivity contribution in [3.8, 4) is 5.75 Å². The van der Waals surface area contributed by atoms with Crippen LogP contribution in [0.15, 0.2) is 29.6 Å². The fraction of sp³-hybridized carbons (Fsp3) is 0.143. The number of rotatable bonds is 5. The van der Waals surface area contributed by atoms with Gasteiger partial charge in [-0.3, -0.25) is 4.79 Å². The van der Waals surface area contributed by atoms with E-state index in [1.165, 1.54) is 24.3 Å². The minimum absolute atomic E-state index is 0.0719. The average molecular weight is 309 g/mol. The second kappa shape index (κ2) is 6.36. The zero-order chi connectivity index (χ0) is 15.4. The summed E-state index contributed by atoms with van der Waals surface area (Å²) in [7, 11) is 0. The topological polar surface area (TPSA) is 75.6 Å². The molecule has 0 fully saturated rings. The third kappa shape index (κ3) is 3.79. The molecular formula is C14H12FNO4S. The highest BCUT2D eigenvalue weighted by atomic mass is 32.1. The molecule has 21 heavy (non-hydrogen) atoms. The van der Waals surface area contributed by atoms with Gasteiger partial charge in [0, 0.05) is 0 Å². The molecule has 0 aliphatic carbocycles. The summed E-state index contributed by atoms with van der Waals surface area (Å²) in [5.41, 5.74) is 0.952. The van der Waals surface area contributed by atoms with E-state index in [0.717, 1.165) is 11.3 Å². The molecule has 2 N–H and O–H groups in total. The lowest BCUT2D eigenvalue weighted by Gasteiger charge is -2.08. The van der Waals surface area contributed by atoms with E-state index in [1.54, 1.807) is 12.3 Å². The fourth-order valence-electron chi connectivity index (χ4n) is 1.61. The van der Waals surface area contributed by atoms with Crippen molar-refractivity contribution in [1.29, 1.82) is 0 Å². The molecule has 1 amide bonds. The molecule has 0 atom stereocenters. The van der Waals surface area contributed by atoms with Gasteiger partial charge in [-0.1, -0.05) is 0 Å². The van der Waals surface area contributed by atoms with E-state index in [4.69, 9.17) is 9.84 Å². The van der Waals surface area contributed by atoms with Crippen LogP contribution in [-0.4, -0.2) is 23.6 Å². The van der Waals surface area contributed by atoms with E-state index < -0.39 is 17.7 Å². The number of carbonyl (C=O) groups is 2. The van der Waals surface area contributed by atoms with E-state index in [0.29, 0.717) is 11.3 Å². The van der Waals surface area contributed by atoms with Gasteiger partial charge in [0.2, 0.25) is 0 Å². The monoisotopic (exact) mass is 309 g/mol. The zero-order valence-electron chi connectivity index (χ0n) is 11.1. The summed E-state index contributed by atoms with van der Waals surface area (Å²) in [5.74, 6) is -1.62. The standard InChI is InChI=1S/C14H12FNO4S/c1-8-7-21-13(14(18)19)12(8)16-11(17)6-20-10-4-2-9(15)3-5-10/h2-5,7H,6H2,1H3,(H,16,17)(H,18,19). The number of carboxylic acid groups (broad SMARTS) is 1. The van der Waals surface area contributed by atoms with Gasteiger partial charge in [-0.2, -0.15) is 0 Å². The molecule has 1 aromatic carbocycles. The number of ether oxygens (including phenoxy) is 1. The van der Waals surface area contributed by atoms with Crippen LogP contribution in [0.5, 0.6) is 5.75 Å². The molecule has 0 aliphatic heterocycles. The number of anilines is 1. The number of hydrogen-bond acceptors (Lipinski definition) is 4. The number of benzene rings is 1. The first-order valence-electron chi connectivity index (χ1n) is 5.97. The largest absolute Gasteiger partial charge is 0.484 e. The highest BCUT2D eigenvalue weighted by Gasteiger charge is 2.17. The SMILES string of the molecule is Cc1csc(C(=O)O)c1NC(=O)COc1ccc(F)cc1. The van der Waals surface area contributed by atoms with Gasteiger partial charge in [-0.15, -0.1) is 11.3 Å². The molecule has 2 rings (SSSR count). The van der Waals surface area contributed by atoms with E-state index in [9.17, 15) is 14.0 Å². The maximum atomic E-state index is 12.7. The van der Waals surface area contributed by atoms with Crippen molar-refractivity contribution in [3.05, 3.63) is 45.9 Å². The van der Waals surface area contributed by atoms with Crippen molar-refractivity contribution in [1.82, 2.24) is 0 Å². The smallest absolute Gasteiger partial charge is 0.348 e. The zero-order valence-corrected chi connectivity index (χ0v) is 11.9. The Morgan fingerprint density at radius 1 is 1.33 bits per heavy atom. The Kier molecular flexibility index (Phi) is 4.54. The number of carbonyl (C=O) groups excluding carboxylic acids is 1. The van der Waals surface area contributed by atoms with Crippen LogP contribution >= 0.6 is 11.3 Å². The second-order valence-corrected chi connectivity index (χ2v) is 5.10. The lowest BCUT2D eigenvalue weighted by atomic mass is 10.2. The Hall–Kier alpha value is -2.41. The van der Waals surface area contributed by atoms with Crippen LogP contribution in [-0.2, 0) is 4.79 Å². The number of halogens is 1. The molecule has 1 heterocycles. The van der Waals surface area contributed by atoms with Gasteiger partial charge in [-0.05, 0) is 42.1 Å². The summed E-state index contributed by atoms with van der Waals surface area (Å²) in [5, 5.41) is 13.2. The van der Waals surface area contributed by atoms with E-state index in [-0.39, 0.29) is 17.2 Å². The minimum Gasteiger partial charge on any atom is -0.484 e. The molecule has 0 saturated heterocycles. The fourth-order valence-corrected chi connectivity index (χ4v) is 2.46. The van der Waals surface area contributed by atoms with Gasteiger partial charge < -0.3 is 15.2 Å². The number of nitrogens with one attached hydrogen (secondary N) is 1. The average Bonchev–Trinajstić information content (AvgIpc) is 2.80. The minimum atomic E-state index is -1.09. The van der Waals surface area contributed by atoms with Crippen molar-refractivity contribution < 1.29 is 23.8 Å². The molecule has 0 spiro atoms. The number of aryl methyl sites for hydroxylation is 1. The summed E-state index contributed by atoms with van der Waals surface area (Å²) in [4.78, 5) is 22.9. The maximum absolute atomic E-state index is 12.7. The van der Waals surface area contributed by atoms with Gasteiger partial charge >= 0.3 is 5.97 Å². The van der Waals surface area contributed by atoms with Gasteiger partial charge in [0.05, 0.1) is 5.69 Å². The number of carboxylic acids is 1. The van der Waals surface area contributed by atoms with Gasteiger partial charge in [0.1, 0.15) is 16.4 Å². The summed E-state index contributed by atoms with van der Waals surface area (Å²) in [6, 6.07) is 5.25. The van der Waals surface area contributed by atoms with E-state index >= 15 is 0 Å². The molecule has 0 aliphatic rings. The molecule has 0 bridgehead atoms. The second-order valence-electron chi connectivity index (χ2n) is 4.22. The number of hydrogen-bond donors (Lipinski definition) is 2. The summed E-state index contributed by atoms with van der Waals surface area (Å²) < 4.78 is 17.9. The number of aromatic carboxylic acids is 1. The van der Waals surface area contributed by atoms with E-state index in [1.807, 2.05) is 0 Å². The Morgan fingerprint density at radius 2 is 2.00 bits per heavy atom. The molecule has 5 nitrogen and oxygen atoms in total. The first kappa shape index (κ1) is 15.0. The van der Waals surface area contributed by atoms with Gasteiger partial charge in [0.25, 0.3) is 5.91 Å². The predicted molar refractivity (Wildman–Crippen MR) is 76.5 cm³/mol. The van der Waals surface area contributed by atoms with Crippen molar-refractivity contribution in [3.63, 3.8) is 0 Å². The molecular weight excluding hydrogens is 297 g/mol. The summed E-state index contributed by atoms with van der Waals surface area (Å²) in [6.07, 6.45) is 0. The Balaban J connectivity index is 1.97. The first-order chi connectivity index (χ1) is 9.97. The molecule has 2 aromatic rings. The van der Waals surface area contributed by atoms with Crippen LogP contribution in [0.4, 0.5) is 10.1 Å². The first-order valence-corrected chi connectivity index (χ1v) is 6.85. The van der Waals surface area contributed by atoms with Crippen molar-refractivity contribution >= 4 is 28.9 Å². The molecule has 7 heteroatoms. The van der Waals surface area contributed by atoms with Gasteiger partial charge in [0.15, 0.2) is 6.61 Å². The third-order valence-electron chi connectivity index (χ3n) is 2.62. The van der Waals surface area contributed by atoms with Crippen LogP contribution in [0.3, 0.4) is 0 Å². The van der Waals surface area contributed by atoms with Crippen molar-refractivity contribution in [2.45, 2.75) is 6.92 Å².